The highest BCUT2D eigenvalue weighted by Crippen LogP contribution is 2.27. The maximum atomic E-state index is 12.5. The number of carbonyl (C=O) groups excluding carboxylic acids is 2. The van der Waals surface area contributed by atoms with Crippen molar-refractivity contribution >= 4 is 23.2 Å². The molecule has 0 aromatic heterocycles. The average Bonchev–Trinajstić information content (AvgIpc) is 2.80. The smallest absolute Gasteiger partial charge is 0.224 e. The molecular formula is C30H48N2O2. The summed E-state index contributed by atoms with van der Waals surface area (Å²) in [7, 11) is 0. The first-order valence-corrected chi connectivity index (χ1v) is 13.4. The van der Waals surface area contributed by atoms with Crippen molar-refractivity contribution in [2.75, 3.05) is 10.6 Å². The van der Waals surface area contributed by atoms with Crippen LogP contribution in [0.4, 0.5) is 11.4 Å². The van der Waals surface area contributed by atoms with Gasteiger partial charge in [0.15, 0.2) is 0 Å². The van der Waals surface area contributed by atoms with Crippen molar-refractivity contribution in [1.29, 1.82) is 0 Å². The fraction of sp³-hybridized carbons (Fsp3) is 0.600. The second kappa shape index (κ2) is 19.0. The van der Waals surface area contributed by atoms with Gasteiger partial charge in [0, 0.05) is 12.8 Å². The number of nitrogens with one attached hydrogen (secondary N) is 2. The zero-order chi connectivity index (χ0) is 25.0. The molecule has 2 amide bonds. The SMILES string of the molecule is C=CCCCCCCCCC(=O)Nc1cc(C)c(C)cc1NC(=O)CCCCCCCCC=C. The number of aryl methyl sites for hydroxylation is 2. The Kier molecular flexibility index (Phi) is 16.6. The van der Waals surface area contributed by atoms with Crippen LogP contribution < -0.4 is 10.6 Å². The zero-order valence-corrected chi connectivity index (χ0v) is 21.9. The Morgan fingerprint density at radius 3 is 1.29 bits per heavy atom. The van der Waals surface area contributed by atoms with Crippen LogP contribution in [-0.4, -0.2) is 11.8 Å². The highest BCUT2D eigenvalue weighted by atomic mass is 16.2. The lowest BCUT2D eigenvalue weighted by atomic mass is 10.1. The summed E-state index contributed by atoms with van der Waals surface area (Å²) in [6.45, 7) is 11.6. The van der Waals surface area contributed by atoms with Gasteiger partial charge in [-0.1, -0.05) is 63.5 Å². The van der Waals surface area contributed by atoms with Crippen molar-refractivity contribution < 1.29 is 9.59 Å². The van der Waals surface area contributed by atoms with Crippen molar-refractivity contribution in [3.63, 3.8) is 0 Å². The van der Waals surface area contributed by atoms with E-state index in [4.69, 9.17) is 0 Å². The molecule has 4 heteroatoms. The molecule has 0 spiro atoms. The lowest BCUT2D eigenvalue weighted by Crippen LogP contribution is -2.17. The van der Waals surface area contributed by atoms with Gasteiger partial charge in [0.05, 0.1) is 11.4 Å². The molecule has 4 nitrogen and oxygen atoms in total. The molecule has 1 aromatic rings. The molecule has 0 bridgehead atoms. The summed E-state index contributed by atoms with van der Waals surface area (Å²) in [5, 5.41) is 6.06. The van der Waals surface area contributed by atoms with E-state index in [1.165, 1.54) is 51.4 Å². The summed E-state index contributed by atoms with van der Waals surface area (Å²) >= 11 is 0. The third kappa shape index (κ3) is 14.0. The molecule has 1 aromatic carbocycles. The van der Waals surface area contributed by atoms with Gasteiger partial charge in [-0.25, -0.2) is 0 Å². The van der Waals surface area contributed by atoms with Gasteiger partial charge in [0.1, 0.15) is 0 Å². The monoisotopic (exact) mass is 468 g/mol. The maximum absolute atomic E-state index is 12.5. The molecule has 0 heterocycles. The highest BCUT2D eigenvalue weighted by molar-refractivity contribution is 5.99. The topological polar surface area (TPSA) is 58.2 Å². The van der Waals surface area contributed by atoms with Gasteiger partial charge in [-0.05, 0) is 75.6 Å². The fourth-order valence-electron chi connectivity index (χ4n) is 4.01. The van der Waals surface area contributed by atoms with E-state index in [0.29, 0.717) is 24.2 Å². The molecule has 2 N–H and O–H groups in total. The maximum Gasteiger partial charge on any atom is 0.224 e. The minimum Gasteiger partial charge on any atom is -0.324 e. The molecule has 0 aliphatic heterocycles. The van der Waals surface area contributed by atoms with Crippen LogP contribution in [0.2, 0.25) is 0 Å². The number of anilines is 2. The first kappa shape index (κ1) is 29.7. The van der Waals surface area contributed by atoms with Gasteiger partial charge < -0.3 is 10.6 Å². The predicted octanol–water partition coefficient (Wildman–Crippen LogP) is 8.79. The van der Waals surface area contributed by atoms with Crippen LogP contribution in [0.5, 0.6) is 0 Å². The molecule has 0 fully saturated rings. The van der Waals surface area contributed by atoms with E-state index in [2.05, 4.69) is 23.8 Å². The molecule has 1 rings (SSSR count). The van der Waals surface area contributed by atoms with Crippen molar-refractivity contribution in [1.82, 2.24) is 0 Å². The number of hydrogen-bond donors (Lipinski definition) is 2. The first-order valence-electron chi connectivity index (χ1n) is 13.4. The van der Waals surface area contributed by atoms with E-state index >= 15 is 0 Å². The number of benzene rings is 1. The Balaban J connectivity index is 2.41. The summed E-state index contributed by atoms with van der Waals surface area (Å²) in [5.41, 5.74) is 3.61. The molecule has 0 saturated carbocycles. The molecule has 0 saturated heterocycles. The van der Waals surface area contributed by atoms with Crippen molar-refractivity contribution in [2.24, 2.45) is 0 Å². The normalized spacial score (nSPS) is 10.6. The third-order valence-electron chi connectivity index (χ3n) is 6.31. The third-order valence-corrected chi connectivity index (χ3v) is 6.31. The van der Waals surface area contributed by atoms with Crippen molar-refractivity contribution in [3.05, 3.63) is 48.6 Å². The Morgan fingerprint density at radius 2 is 0.941 bits per heavy atom. The summed E-state index contributed by atoms with van der Waals surface area (Å²) < 4.78 is 0. The van der Waals surface area contributed by atoms with E-state index in [0.717, 1.165) is 49.7 Å². The Labute approximate surface area is 208 Å². The van der Waals surface area contributed by atoms with E-state index in [9.17, 15) is 9.59 Å². The number of carbonyl (C=O) groups is 2. The summed E-state index contributed by atoms with van der Waals surface area (Å²) in [6, 6.07) is 3.93. The minimum absolute atomic E-state index is 0.0156. The zero-order valence-electron chi connectivity index (χ0n) is 21.9. The van der Waals surface area contributed by atoms with E-state index < -0.39 is 0 Å². The van der Waals surface area contributed by atoms with Gasteiger partial charge in [-0.15, -0.1) is 13.2 Å². The van der Waals surface area contributed by atoms with Gasteiger partial charge in [0.25, 0.3) is 0 Å². The largest absolute Gasteiger partial charge is 0.324 e. The van der Waals surface area contributed by atoms with Gasteiger partial charge in [0.2, 0.25) is 11.8 Å². The number of amides is 2. The van der Waals surface area contributed by atoms with Gasteiger partial charge in [-0.3, -0.25) is 9.59 Å². The van der Waals surface area contributed by atoms with Gasteiger partial charge in [-0.2, -0.15) is 0 Å². The second-order valence-corrected chi connectivity index (χ2v) is 9.48. The predicted molar refractivity (Wildman–Crippen MR) is 147 cm³/mol. The van der Waals surface area contributed by atoms with Crippen molar-refractivity contribution in [3.8, 4) is 0 Å². The van der Waals surface area contributed by atoms with Crippen LogP contribution in [0, 0.1) is 13.8 Å². The number of hydrogen-bond acceptors (Lipinski definition) is 2. The molecule has 0 aliphatic rings. The molecule has 0 aliphatic carbocycles. The van der Waals surface area contributed by atoms with Crippen LogP contribution in [0.3, 0.4) is 0 Å². The van der Waals surface area contributed by atoms with E-state index in [1.54, 1.807) is 0 Å². The molecule has 34 heavy (non-hydrogen) atoms. The molecule has 0 unspecified atom stereocenters. The number of rotatable bonds is 20. The molecule has 0 radical (unpaired) electrons. The molecular weight excluding hydrogens is 420 g/mol. The highest BCUT2D eigenvalue weighted by Gasteiger charge is 2.12. The van der Waals surface area contributed by atoms with Crippen molar-refractivity contribution in [2.45, 2.75) is 117 Å². The lowest BCUT2D eigenvalue weighted by Gasteiger charge is -2.15. The van der Waals surface area contributed by atoms with Gasteiger partial charge >= 0.3 is 0 Å². The summed E-state index contributed by atoms with van der Waals surface area (Å²) in [5.74, 6) is 0.0312. The lowest BCUT2D eigenvalue weighted by molar-refractivity contribution is -0.117. The van der Waals surface area contributed by atoms with E-state index in [1.807, 2.05) is 38.1 Å². The molecule has 190 valence electrons. The summed E-state index contributed by atoms with van der Waals surface area (Å²) in [6.07, 6.45) is 20.8. The summed E-state index contributed by atoms with van der Waals surface area (Å²) in [4.78, 5) is 25.0. The number of allylic oxidation sites excluding steroid dienone is 2. The van der Waals surface area contributed by atoms with Crippen LogP contribution >= 0.6 is 0 Å². The quantitative estimate of drug-likeness (QED) is 0.148. The minimum atomic E-state index is 0.0156. The van der Waals surface area contributed by atoms with Crippen LogP contribution in [0.25, 0.3) is 0 Å². The molecule has 0 atom stereocenters. The Morgan fingerprint density at radius 1 is 0.618 bits per heavy atom. The van der Waals surface area contributed by atoms with Crippen LogP contribution in [-0.2, 0) is 9.59 Å². The Bertz CT molecular complexity index is 691. The van der Waals surface area contributed by atoms with Crippen LogP contribution in [0.15, 0.2) is 37.4 Å². The number of unbranched alkanes of at least 4 members (excludes halogenated alkanes) is 12. The fourth-order valence-corrected chi connectivity index (χ4v) is 4.01. The Hall–Kier alpha value is -2.36. The first-order chi connectivity index (χ1) is 16.5. The second-order valence-electron chi connectivity index (χ2n) is 9.48. The van der Waals surface area contributed by atoms with E-state index in [-0.39, 0.29) is 11.8 Å². The van der Waals surface area contributed by atoms with Crippen LogP contribution in [0.1, 0.15) is 114 Å². The standard InChI is InChI=1S/C30H48N2O2/c1-5-7-9-11-13-15-17-19-21-29(33)31-27-23-25(3)26(4)24-28(27)32-30(34)22-20-18-16-14-12-10-8-6-2/h5-6,23-24H,1-2,7-22H2,3-4H3,(H,31,33)(H,32,34). The average molecular weight is 469 g/mol.